The summed E-state index contributed by atoms with van der Waals surface area (Å²) >= 11 is 0. The molecule has 26 heavy (non-hydrogen) atoms. The number of rotatable bonds is 7. The highest BCUT2D eigenvalue weighted by Gasteiger charge is 2.10. The summed E-state index contributed by atoms with van der Waals surface area (Å²) in [5.41, 5.74) is 3.18. The van der Waals surface area contributed by atoms with Gasteiger partial charge in [0.25, 0.3) is 0 Å². The van der Waals surface area contributed by atoms with E-state index in [4.69, 9.17) is 9.26 Å². The number of carbonyl (C=O) groups is 1. The maximum absolute atomic E-state index is 11.9. The van der Waals surface area contributed by atoms with Gasteiger partial charge in [0.1, 0.15) is 5.75 Å². The van der Waals surface area contributed by atoms with Crippen LogP contribution in [0, 0.1) is 13.8 Å². The van der Waals surface area contributed by atoms with Crippen molar-refractivity contribution in [3.8, 4) is 17.1 Å². The van der Waals surface area contributed by atoms with Crippen molar-refractivity contribution < 1.29 is 14.1 Å². The zero-order chi connectivity index (χ0) is 18.4. The molecule has 7 nitrogen and oxygen atoms in total. The Morgan fingerprint density at radius 3 is 2.73 bits per heavy atom. The third-order valence-electron chi connectivity index (χ3n) is 3.92. The van der Waals surface area contributed by atoms with Gasteiger partial charge in [0.2, 0.25) is 17.6 Å². The summed E-state index contributed by atoms with van der Waals surface area (Å²) in [6.45, 7) is 4.56. The van der Waals surface area contributed by atoms with Crippen LogP contribution in [0.1, 0.15) is 23.4 Å². The van der Waals surface area contributed by atoms with E-state index in [0.717, 1.165) is 16.9 Å². The topological polar surface area (TPSA) is 90.1 Å². The van der Waals surface area contributed by atoms with Crippen LogP contribution in [-0.4, -0.2) is 27.6 Å². The molecule has 0 radical (unpaired) electrons. The Bertz CT molecular complexity index is 878. The lowest BCUT2D eigenvalue weighted by Gasteiger charge is -2.08. The van der Waals surface area contributed by atoms with Gasteiger partial charge in [0, 0.05) is 18.0 Å². The van der Waals surface area contributed by atoms with Crippen LogP contribution in [0.4, 0.5) is 0 Å². The average molecular weight is 352 g/mol. The fourth-order valence-electron chi connectivity index (χ4n) is 2.27. The number of aryl methyl sites for hydroxylation is 2. The number of pyridine rings is 1. The molecule has 1 aromatic carbocycles. The van der Waals surface area contributed by atoms with Crippen LogP contribution in [0.15, 0.2) is 47.2 Å². The lowest BCUT2D eigenvalue weighted by Crippen LogP contribution is -2.24. The number of amides is 1. The first kappa shape index (κ1) is 17.6. The van der Waals surface area contributed by atoms with Gasteiger partial charge in [-0.2, -0.15) is 4.98 Å². The van der Waals surface area contributed by atoms with E-state index in [0.29, 0.717) is 18.3 Å². The largest absolute Gasteiger partial charge is 0.493 e. The molecule has 2 heterocycles. The molecule has 0 bridgehead atoms. The van der Waals surface area contributed by atoms with Crippen LogP contribution in [0.5, 0.6) is 5.75 Å². The van der Waals surface area contributed by atoms with E-state index in [1.54, 1.807) is 24.5 Å². The van der Waals surface area contributed by atoms with Crippen LogP contribution in [0.2, 0.25) is 0 Å². The second kappa shape index (κ2) is 8.24. The normalized spacial score (nSPS) is 10.5. The van der Waals surface area contributed by atoms with E-state index in [2.05, 4.69) is 20.4 Å². The zero-order valence-corrected chi connectivity index (χ0v) is 14.7. The predicted octanol–water partition coefficient (Wildman–Crippen LogP) is 2.83. The predicted molar refractivity (Wildman–Crippen MR) is 95.4 cm³/mol. The Morgan fingerprint density at radius 2 is 1.96 bits per heavy atom. The lowest BCUT2D eigenvalue weighted by molar-refractivity contribution is -0.121. The van der Waals surface area contributed by atoms with Gasteiger partial charge in [0.05, 0.1) is 19.6 Å². The highest BCUT2D eigenvalue weighted by atomic mass is 16.5. The van der Waals surface area contributed by atoms with Crippen LogP contribution in [0.25, 0.3) is 11.4 Å². The molecule has 0 atom stereocenters. The summed E-state index contributed by atoms with van der Waals surface area (Å²) in [4.78, 5) is 20.1. The van der Waals surface area contributed by atoms with Gasteiger partial charge in [-0.1, -0.05) is 11.2 Å². The minimum Gasteiger partial charge on any atom is -0.493 e. The number of carbonyl (C=O) groups excluding carboxylic acids is 1. The smallest absolute Gasteiger partial charge is 0.246 e. The van der Waals surface area contributed by atoms with Gasteiger partial charge in [-0.3, -0.25) is 9.78 Å². The van der Waals surface area contributed by atoms with Crippen molar-refractivity contribution in [2.75, 3.05) is 6.61 Å². The van der Waals surface area contributed by atoms with Crippen LogP contribution < -0.4 is 10.1 Å². The second-order valence-electron chi connectivity index (χ2n) is 5.87. The molecule has 1 amide bonds. The van der Waals surface area contributed by atoms with Gasteiger partial charge in [-0.05, 0) is 49.2 Å². The molecule has 0 spiro atoms. The SMILES string of the molecule is Cc1ccc(OCCC(=O)NCc2nc(-c3ccncc3)no2)cc1C. The van der Waals surface area contributed by atoms with E-state index in [1.165, 1.54) is 5.56 Å². The van der Waals surface area contributed by atoms with Crippen LogP contribution in [0.3, 0.4) is 0 Å². The number of aromatic nitrogens is 3. The first-order valence-corrected chi connectivity index (χ1v) is 8.31. The molecule has 7 heteroatoms. The van der Waals surface area contributed by atoms with Crippen molar-refractivity contribution in [1.82, 2.24) is 20.4 Å². The third kappa shape index (κ3) is 4.66. The molecule has 0 aliphatic carbocycles. The number of nitrogens with zero attached hydrogens (tertiary/aromatic N) is 3. The van der Waals surface area contributed by atoms with E-state index in [-0.39, 0.29) is 18.9 Å². The van der Waals surface area contributed by atoms with Gasteiger partial charge in [-0.25, -0.2) is 0 Å². The molecule has 0 aliphatic heterocycles. The Morgan fingerprint density at radius 1 is 1.15 bits per heavy atom. The van der Waals surface area contributed by atoms with Gasteiger partial charge >= 0.3 is 0 Å². The number of hydrogen-bond acceptors (Lipinski definition) is 6. The summed E-state index contributed by atoms with van der Waals surface area (Å²) in [5.74, 6) is 1.44. The van der Waals surface area contributed by atoms with Crippen molar-refractivity contribution in [3.63, 3.8) is 0 Å². The molecule has 0 unspecified atom stereocenters. The van der Waals surface area contributed by atoms with Gasteiger partial charge in [0.15, 0.2) is 0 Å². The van der Waals surface area contributed by atoms with Crippen molar-refractivity contribution in [2.24, 2.45) is 0 Å². The fraction of sp³-hybridized carbons (Fsp3) is 0.263. The van der Waals surface area contributed by atoms with Crippen molar-refractivity contribution >= 4 is 5.91 Å². The number of benzene rings is 1. The highest BCUT2D eigenvalue weighted by Crippen LogP contribution is 2.16. The molecule has 0 saturated heterocycles. The van der Waals surface area contributed by atoms with E-state index in [1.807, 2.05) is 32.0 Å². The molecule has 134 valence electrons. The molecular weight excluding hydrogens is 332 g/mol. The number of nitrogens with one attached hydrogen (secondary N) is 1. The molecule has 3 aromatic rings. The second-order valence-corrected chi connectivity index (χ2v) is 5.87. The maximum Gasteiger partial charge on any atom is 0.246 e. The molecule has 3 rings (SSSR count). The molecule has 1 N–H and O–H groups in total. The first-order chi connectivity index (χ1) is 12.6. The minimum atomic E-state index is -0.141. The van der Waals surface area contributed by atoms with Crippen molar-refractivity contribution in [1.29, 1.82) is 0 Å². The minimum absolute atomic E-state index is 0.141. The molecule has 0 fully saturated rings. The third-order valence-corrected chi connectivity index (χ3v) is 3.92. The monoisotopic (exact) mass is 352 g/mol. The number of ether oxygens (including phenoxy) is 1. The Balaban J connectivity index is 1.43. The summed E-state index contributed by atoms with van der Waals surface area (Å²) in [6, 6.07) is 9.45. The highest BCUT2D eigenvalue weighted by molar-refractivity contribution is 5.75. The van der Waals surface area contributed by atoms with Crippen LogP contribution >= 0.6 is 0 Å². The summed E-state index contributed by atoms with van der Waals surface area (Å²) in [6.07, 6.45) is 3.56. The van der Waals surface area contributed by atoms with E-state index < -0.39 is 0 Å². The average Bonchev–Trinajstić information content (AvgIpc) is 3.13. The first-order valence-electron chi connectivity index (χ1n) is 8.31. The summed E-state index contributed by atoms with van der Waals surface area (Å²) in [5, 5.41) is 6.63. The Kier molecular flexibility index (Phi) is 5.58. The molecule has 0 saturated carbocycles. The number of hydrogen-bond donors (Lipinski definition) is 1. The maximum atomic E-state index is 11.9. The van der Waals surface area contributed by atoms with Crippen molar-refractivity contribution in [2.45, 2.75) is 26.8 Å². The molecular formula is C19H20N4O3. The van der Waals surface area contributed by atoms with E-state index in [9.17, 15) is 4.79 Å². The Labute approximate surface area is 151 Å². The van der Waals surface area contributed by atoms with Crippen LogP contribution in [-0.2, 0) is 11.3 Å². The van der Waals surface area contributed by atoms with Gasteiger partial charge < -0.3 is 14.6 Å². The fourth-order valence-corrected chi connectivity index (χ4v) is 2.27. The van der Waals surface area contributed by atoms with Crippen molar-refractivity contribution in [3.05, 3.63) is 59.7 Å². The zero-order valence-electron chi connectivity index (χ0n) is 14.7. The molecule has 0 aliphatic rings. The lowest BCUT2D eigenvalue weighted by atomic mass is 10.1. The summed E-state index contributed by atoms with van der Waals surface area (Å²) in [7, 11) is 0. The van der Waals surface area contributed by atoms with E-state index >= 15 is 0 Å². The Hall–Kier alpha value is -3.22. The molecule has 2 aromatic heterocycles. The summed E-state index contributed by atoms with van der Waals surface area (Å²) < 4.78 is 10.7. The standard InChI is InChI=1S/C19H20N4O3/c1-13-3-4-16(11-14(13)2)25-10-7-17(24)21-12-18-22-19(23-26-18)15-5-8-20-9-6-15/h3-6,8-9,11H,7,10,12H2,1-2H3,(H,21,24). The van der Waals surface area contributed by atoms with Gasteiger partial charge in [-0.15, -0.1) is 0 Å². The quantitative estimate of drug-likeness (QED) is 0.703.